The molecule has 0 rings (SSSR count). The van der Waals surface area contributed by atoms with E-state index in [4.69, 9.17) is 5.73 Å². The van der Waals surface area contributed by atoms with Crippen LogP contribution < -0.4 is 5.73 Å². The van der Waals surface area contributed by atoms with E-state index in [0.717, 1.165) is 0 Å². The normalized spacial score (nSPS) is 12.4. The van der Waals surface area contributed by atoms with Crippen LogP contribution in [0.15, 0.2) is 0 Å². The molecule has 8 heavy (non-hydrogen) atoms. The summed E-state index contributed by atoms with van der Waals surface area (Å²) in [6.45, 7) is 4.23. The molecule has 1 atom stereocenters. The first kappa shape index (κ1) is 11.5. The second-order valence-electron chi connectivity index (χ2n) is 2.12. The van der Waals surface area contributed by atoms with E-state index in [9.17, 15) is 0 Å². The second-order valence-corrected chi connectivity index (χ2v) is 2.12. The fourth-order valence-electron chi connectivity index (χ4n) is 0.526. The highest BCUT2D eigenvalue weighted by Crippen LogP contribution is 1.95. The molecule has 0 fully saturated rings. The summed E-state index contributed by atoms with van der Waals surface area (Å²) in [5.74, 6) is 0. The first-order valence-electron chi connectivity index (χ1n) is 3.03. The average molecular weight is 229 g/mol. The predicted molar refractivity (Wildman–Crippen MR) is 48.6 cm³/mol. The van der Waals surface area contributed by atoms with E-state index in [1.165, 1.54) is 19.3 Å². The fourth-order valence-corrected chi connectivity index (χ4v) is 0.526. The lowest BCUT2D eigenvalue weighted by molar-refractivity contribution is 0.616. The largest absolute Gasteiger partial charge is 0.328 e. The molecule has 0 saturated carbocycles. The van der Waals surface area contributed by atoms with E-state index in [2.05, 4.69) is 13.8 Å². The van der Waals surface area contributed by atoms with Gasteiger partial charge in [0.15, 0.2) is 0 Å². The molecule has 0 aliphatic carbocycles. The summed E-state index contributed by atoms with van der Waals surface area (Å²) in [5.41, 5.74) is 5.48. The number of nitrogens with two attached hydrogens (primary N) is 1. The Kier molecular flexibility index (Phi) is 11.0. The van der Waals surface area contributed by atoms with Gasteiger partial charge in [0.05, 0.1) is 0 Å². The van der Waals surface area contributed by atoms with Crippen LogP contribution in [0.2, 0.25) is 0 Å². The van der Waals surface area contributed by atoms with Crippen LogP contribution >= 0.6 is 24.0 Å². The van der Waals surface area contributed by atoms with Crippen molar-refractivity contribution in [3.63, 3.8) is 0 Å². The molecular formula is C6H16IN. The van der Waals surface area contributed by atoms with Crippen molar-refractivity contribution in [1.82, 2.24) is 0 Å². The molecule has 0 aromatic carbocycles. The highest BCUT2D eigenvalue weighted by Gasteiger charge is 1.88. The first-order chi connectivity index (χ1) is 3.27. The Hall–Kier alpha value is 0.690. The van der Waals surface area contributed by atoms with Gasteiger partial charge in [-0.05, 0) is 13.3 Å². The lowest BCUT2D eigenvalue weighted by Gasteiger charge is -1.99. The smallest absolute Gasteiger partial charge is 0.00104 e. The number of rotatable bonds is 3. The van der Waals surface area contributed by atoms with E-state index >= 15 is 0 Å². The summed E-state index contributed by atoms with van der Waals surface area (Å²) in [6.07, 6.45) is 3.72. The fraction of sp³-hybridized carbons (Fsp3) is 1.00. The molecule has 0 spiro atoms. The van der Waals surface area contributed by atoms with Gasteiger partial charge < -0.3 is 5.73 Å². The van der Waals surface area contributed by atoms with E-state index in [0.29, 0.717) is 6.04 Å². The molecule has 1 unspecified atom stereocenters. The Morgan fingerprint density at radius 2 is 2.00 bits per heavy atom. The van der Waals surface area contributed by atoms with Gasteiger partial charge in [-0.2, -0.15) is 0 Å². The Balaban J connectivity index is 0. The van der Waals surface area contributed by atoms with Crippen molar-refractivity contribution in [2.45, 2.75) is 39.2 Å². The highest BCUT2D eigenvalue weighted by molar-refractivity contribution is 14.0. The highest BCUT2D eigenvalue weighted by atomic mass is 127. The maximum Gasteiger partial charge on any atom is 0.00104 e. The van der Waals surface area contributed by atoms with Gasteiger partial charge in [0.2, 0.25) is 0 Å². The Bertz CT molecular complexity index is 37.5. The van der Waals surface area contributed by atoms with Gasteiger partial charge in [-0.25, -0.2) is 0 Å². The quantitative estimate of drug-likeness (QED) is 0.737. The third-order valence-electron chi connectivity index (χ3n) is 1.01. The zero-order valence-electron chi connectivity index (χ0n) is 5.68. The minimum Gasteiger partial charge on any atom is -0.328 e. The standard InChI is InChI=1S/C6H15N.HI/c1-3-4-5-6(2)7;/h6H,3-5,7H2,1-2H3;1H. The molecule has 1 nitrogen and oxygen atoms in total. The first-order valence-corrected chi connectivity index (χ1v) is 3.03. The SMILES string of the molecule is CCCCC(C)N.I. The maximum atomic E-state index is 5.48. The summed E-state index contributed by atoms with van der Waals surface area (Å²) >= 11 is 0. The zero-order valence-corrected chi connectivity index (χ0v) is 8.01. The van der Waals surface area contributed by atoms with Crippen LogP contribution in [0.3, 0.4) is 0 Å². The molecule has 0 bridgehead atoms. The number of halogens is 1. The van der Waals surface area contributed by atoms with Gasteiger partial charge in [-0.15, -0.1) is 24.0 Å². The summed E-state index contributed by atoms with van der Waals surface area (Å²) in [6, 6.07) is 0.403. The lowest BCUT2D eigenvalue weighted by Crippen LogP contribution is -2.13. The molecular weight excluding hydrogens is 213 g/mol. The van der Waals surface area contributed by atoms with Crippen LogP contribution in [0.1, 0.15) is 33.1 Å². The molecule has 0 aromatic heterocycles. The van der Waals surface area contributed by atoms with Crippen molar-refractivity contribution in [2.75, 3.05) is 0 Å². The van der Waals surface area contributed by atoms with Crippen molar-refractivity contribution < 1.29 is 0 Å². The van der Waals surface area contributed by atoms with Gasteiger partial charge in [0.25, 0.3) is 0 Å². The molecule has 0 amide bonds. The van der Waals surface area contributed by atoms with Gasteiger partial charge in [0, 0.05) is 6.04 Å². The van der Waals surface area contributed by atoms with Crippen molar-refractivity contribution >= 4 is 24.0 Å². The molecule has 0 aromatic rings. The average Bonchev–Trinajstić information content (AvgIpc) is 1.61. The van der Waals surface area contributed by atoms with E-state index in [1.807, 2.05) is 0 Å². The molecule has 0 radical (unpaired) electrons. The van der Waals surface area contributed by atoms with Crippen molar-refractivity contribution in [3.05, 3.63) is 0 Å². The van der Waals surface area contributed by atoms with Crippen molar-refractivity contribution in [1.29, 1.82) is 0 Å². The third-order valence-corrected chi connectivity index (χ3v) is 1.01. The van der Waals surface area contributed by atoms with Crippen molar-refractivity contribution in [3.8, 4) is 0 Å². The van der Waals surface area contributed by atoms with Gasteiger partial charge in [-0.3, -0.25) is 0 Å². The summed E-state index contributed by atoms with van der Waals surface area (Å²) < 4.78 is 0. The van der Waals surface area contributed by atoms with Crippen molar-refractivity contribution in [2.24, 2.45) is 5.73 Å². The van der Waals surface area contributed by atoms with Gasteiger partial charge in [-0.1, -0.05) is 19.8 Å². The minimum absolute atomic E-state index is 0. The topological polar surface area (TPSA) is 26.0 Å². The molecule has 2 N–H and O–H groups in total. The summed E-state index contributed by atoms with van der Waals surface area (Å²) in [5, 5.41) is 0. The number of hydrogen-bond acceptors (Lipinski definition) is 1. The third kappa shape index (κ3) is 9.85. The van der Waals surface area contributed by atoms with Crippen LogP contribution in [0.4, 0.5) is 0 Å². The van der Waals surface area contributed by atoms with E-state index in [-0.39, 0.29) is 24.0 Å². The van der Waals surface area contributed by atoms with Crippen LogP contribution in [-0.2, 0) is 0 Å². The molecule has 0 heterocycles. The molecule has 0 aliphatic rings. The Labute approximate surface area is 69.0 Å². The van der Waals surface area contributed by atoms with E-state index < -0.39 is 0 Å². The molecule has 52 valence electrons. The maximum absolute atomic E-state index is 5.48. The Morgan fingerprint density at radius 3 is 2.12 bits per heavy atom. The Morgan fingerprint density at radius 1 is 1.50 bits per heavy atom. The minimum atomic E-state index is 0. The molecule has 0 saturated heterocycles. The second kappa shape index (κ2) is 7.69. The van der Waals surface area contributed by atoms with Gasteiger partial charge >= 0.3 is 0 Å². The monoisotopic (exact) mass is 229 g/mol. The molecule has 2 heteroatoms. The zero-order chi connectivity index (χ0) is 5.70. The molecule has 0 aliphatic heterocycles. The summed E-state index contributed by atoms with van der Waals surface area (Å²) in [7, 11) is 0. The van der Waals surface area contributed by atoms with E-state index in [1.54, 1.807) is 0 Å². The summed E-state index contributed by atoms with van der Waals surface area (Å²) in [4.78, 5) is 0. The number of hydrogen-bond donors (Lipinski definition) is 1. The lowest BCUT2D eigenvalue weighted by atomic mass is 10.2. The van der Waals surface area contributed by atoms with Gasteiger partial charge in [0.1, 0.15) is 0 Å². The van der Waals surface area contributed by atoms with Crippen LogP contribution in [-0.4, -0.2) is 6.04 Å². The number of unbranched alkanes of at least 4 members (excludes halogenated alkanes) is 1. The van der Waals surface area contributed by atoms with Crippen LogP contribution in [0, 0.1) is 0 Å². The van der Waals surface area contributed by atoms with Crippen LogP contribution in [0.5, 0.6) is 0 Å². The predicted octanol–water partition coefficient (Wildman–Crippen LogP) is 2.14. The van der Waals surface area contributed by atoms with Crippen LogP contribution in [0.25, 0.3) is 0 Å².